The van der Waals surface area contributed by atoms with Gasteiger partial charge in [-0.25, -0.2) is 13.8 Å². The molecule has 1 aromatic carbocycles. The second kappa shape index (κ2) is 4.89. The lowest BCUT2D eigenvalue weighted by atomic mass is 10.2. The third kappa shape index (κ3) is 2.76. The van der Waals surface area contributed by atoms with Gasteiger partial charge in [-0.2, -0.15) is 0 Å². The Balaban J connectivity index is 2.43. The van der Waals surface area contributed by atoms with E-state index in [1.54, 1.807) is 0 Å². The first-order valence-electron chi connectivity index (χ1n) is 5.15. The molecule has 0 radical (unpaired) electrons. The molecule has 0 aliphatic heterocycles. The molecular weight excluding hydrogens is 256 g/mol. The second-order valence-corrected chi connectivity index (χ2v) is 3.66. The normalized spacial score (nSPS) is 10.2. The number of ether oxygens (including phenoxy) is 1. The van der Waals surface area contributed by atoms with Crippen LogP contribution in [0, 0.1) is 11.6 Å². The van der Waals surface area contributed by atoms with Crippen LogP contribution in [0.4, 0.5) is 14.5 Å². The van der Waals surface area contributed by atoms with Gasteiger partial charge in [-0.1, -0.05) is 0 Å². The Morgan fingerprint density at radius 2 is 2.00 bits per heavy atom. The van der Waals surface area contributed by atoms with Crippen LogP contribution >= 0.6 is 0 Å². The van der Waals surface area contributed by atoms with Gasteiger partial charge in [0, 0.05) is 6.07 Å². The largest absolute Gasteiger partial charge is 0.435 e. The fraction of sp³-hybridized carbons (Fsp3) is 0. The molecule has 0 bridgehead atoms. The van der Waals surface area contributed by atoms with E-state index in [0.717, 1.165) is 18.2 Å². The van der Waals surface area contributed by atoms with Gasteiger partial charge >= 0.3 is 0 Å². The molecule has 19 heavy (non-hydrogen) atoms. The Labute approximate surface area is 106 Å². The average molecular weight is 265 g/mol. The van der Waals surface area contributed by atoms with E-state index in [4.69, 9.17) is 16.2 Å². The number of pyridine rings is 1. The summed E-state index contributed by atoms with van der Waals surface area (Å²) in [5.41, 5.74) is 10.6. The van der Waals surface area contributed by atoms with Crippen molar-refractivity contribution in [1.29, 1.82) is 0 Å². The van der Waals surface area contributed by atoms with Crippen molar-refractivity contribution in [2.24, 2.45) is 5.73 Å². The van der Waals surface area contributed by atoms with Crippen molar-refractivity contribution in [2.45, 2.75) is 0 Å². The summed E-state index contributed by atoms with van der Waals surface area (Å²) in [5.74, 6) is -2.97. The number of anilines is 1. The molecular formula is C12H9F2N3O2. The van der Waals surface area contributed by atoms with Crippen LogP contribution in [-0.4, -0.2) is 10.9 Å². The maximum atomic E-state index is 13.4. The number of hydrogen-bond donors (Lipinski definition) is 2. The third-order valence-corrected chi connectivity index (χ3v) is 2.24. The van der Waals surface area contributed by atoms with Crippen LogP contribution in [0.25, 0.3) is 0 Å². The molecule has 7 heteroatoms. The molecule has 0 spiro atoms. The van der Waals surface area contributed by atoms with E-state index in [0.29, 0.717) is 0 Å². The molecule has 0 aliphatic rings. The van der Waals surface area contributed by atoms with Crippen LogP contribution in [0.15, 0.2) is 30.5 Å². The number of hydrogen-bond acceptors (Lipinski definition) is 4. The maximum Gasteiger partial charge on any atom is 0.254 e. The van der Waals surface area contributed by atoms with Crippen molar-refractivity contribution >= 4 is 11.6 Å². The van der Waals surface area contributed by atoms with Crippen LogP contribution in [-0.2, 0) is 0 Å². The Morgan fingerprint density at radius 3 is 2.68 bits per heavy atom. The second-order valence-electron chi connectivity index (χ2n) is 3.66. The Morgan fingerprint density at radius 1 is 1.26 bits per heavy atom. The van der Waals surface area contributed by atoms with Gasteiger partial charge in [0.2, 0.25) is 5.88 Å². The number of amides is 1. The maximum absolute atomic E-state index is 13.4. The number of benzene rings is 1. The molecule has 98 valence electrons. The smallest absolute Gasteiger partial charge is 0.254 e. The molecule has 5 nitrogen and oxygen atoms in total. The van der Waals surface area contributed by atoms with E-state index >= 15 is 0 Å². The summed E-state index contributed by atoms with van der Waals surface area (Å²) in [6.45, 7) is 0. The SMILES string of the molecule is NC(=O)c1cc(N)cnc1Oc1cc(F)ccc1F. The number of aromatic nitrogens is 1. The molecule has 0 unspecified atom stereocenters. The summed E-state index contributed by atoms with van der Waals surface area (Å²) in [6, 6.07) is 3.90. The average Bonchev–Trinajstić information content (AvgIpc) is 2.35. The standard InChI is InChI=1S/C12H9F2N3O2/c13-6-1-2-9(14)10(3-6)19-12-8(11(16)18)4-7(15)5-17-12/h1-5H,15H2,(H2,16,18). The molecule has 0 atom stereocenters. The van der Waals surface area contributed by atoms with Crippen LogP contribution < -0.4 is 16.2 Å². The molecule has 2 aromatic rings. The summed E-state index contributed by atoms with van der Waals surface area (Å²) in [5, 5.41) is 0. The highest BCUT2D eigenvalue weighted by Crippen LogP contribution is 2.27. The third-order valence-electron chi connectivity index (χ3n) is 2.24. The Hall–Kier alpha value is -2.70. The molecule has 0 fully saturated rings. The summed E-state index contributed by atoms with van der Waals surface area (Å²) in [4.78, 5) is 14.9. The van der Waals surface area contributed by atoms with E-state index in [9.17, 15) is 13.6 Å². The van der Waals surface area contributed by atoms with E-state index < -0.39 is 23.3 Å². The number of rotatable bonds is 3. The number of halogens is 2. The highest BCUT2D eigenvalue weighted by Gasteiger charge is 2.15. The molecule has 0 aliphatic carbocycles. The van der Waals surface area contributed by atoms with Crippen molar-refractivity contribution in [1.82, 2.24) is 4.98 Å². The number of carbonyl (C=O) groups is 1. The lowest BCUT2D eigenvalue weighted by molar-refractivity contribution is 0.0997. The van der Waals surface area contributed by atoms with Gasteiger partial charge in [-0.05, 0) is 18.2 Å². The molecule has 1 amide bonds. The minimum absolute atomic E-state index is 0.122. The molecule has 0 saturated carbocycles. The van der Waals surface area contributed by atoms with E-state index in [-0.39, 0.29) is 17.1 Å². The zero-order valence-corrected chi connectivity index (χ0v) is 9.56. The van der Waals surface area contributed by atoms with E-state index in [2.05, 4.69) is 4.98 Å². The van der Waals surface area contributed by atoms with Gasteiger partial charge in [0.25, 0.3) is 5.91 Å². The summed E-state index contributed by atoms with van der Waals surface area (Å²) in [6.07, 6.45) is 1.21. The van der Waals surface area contributed by atoms with Crippen LogP contribution in [0.5, 0.6) is 11.6 Å². The molecule has 1 heterocycles. The predicted octanol–water partition coefficient (Wildman–Crippen LogP) is 1.83. The summed E-state index contributed by atoms with van der Waals surface area (Å²) in [7, 11) is 0. The van der Waals surface area contributed by atoms with Gasteiger partial charge in [0.05, 0.1) is 11.9 Å². The fourth-order valence-corrected chi connectivity index (χ4v) is 1.39. The lowest BCUT2D eigenvalue weighted by Crippen LogP contribution is -2.13. The quantitative estimate of drug-likeness (QED) is 0.885. The minimum Gasteiger partial charge on any atom is -0.435 e. The van der Waals surface area contributed by atoms with Crippen LogP contribution in [0.2, 0.25) is 0 Å². The number of primary amides is 1. The summed E-state index contributed by atoms with van der Waals surface area (Å²) < 4.78 is 31.5. The summed E-state index contributed by atoms with van der Waals surface area (Å²) >= 11 is 0. The number of nitrogens with zero attached hydrogens (tertiary/aromatic N) is 1. The Bertz CT molecular complexity index is 647. The van der Waals surface area contributed by atoms with Crippen LogP contribution in [0.3, 0.4) is 0 Å². The van der Waals surface area contributed by atoms with E-state index in [1.165, 1.54) is 12.3 Å². The first-order valence-corrected chi connectivity index (χ1v) is 5.15. The number of carbonyl (C=O) groups excluding carboxylic acids is 1. The first-order chi connectivity index (χ1) is 8.97. The van der Waals surface area contributed by atoms with Crippen molar-refractivity contribution in [3.63, 3.8) is 0 Å². The number of nitrogen functional groups attached to an aromatic ring is 1. The zero-order chi connectivity index (χ0) is 14.0. The molecule has 1 aromatic heterocycles. The zero-order valence-electron chi connectivity index (χ0n) is 9.56. The van der Waals surface area contributed by atoms with Crippen molar-refractivity contribution in [3.05, 3.63) is 47.7 Å². The monoisotopic (exact) mass is 265 g/mol. The van der Waals surface area contributed by atoms with Gasteiger partial charge in [0.15, 0.2) is 11.6 Å². The lowest BCUT2D eigenvalue weighted by Gasteiger charge is -2.09. The topological polar surface area (TPSA) is 91.2 Å². The van der Waals surface area contributed by atoms with Gasteiger partial charge < -0.3 is 16.2 Å². The van der Waals surface area contributed by atoms with Crippen molar-refractivity contribution in [2.75, 3.05) is 5.73 Å². The Kier molecular flexibility index (Phi) is 3.28. The van der Waals surface area contributed by atoms with Gasteiger partial charge in [-0.3, -0.25) is 4.79 Å². The minimum atomic E-state index is -0.841. The van der Waals surface area contributed by atoms with Crippen molar-refractivity contribution < 1.29 is 18.3 Å². The predicted molar refractivity (Wildman–Crippen MR) is 63.6 cm³/mol. The highest BCUT2D eigenvalue weighted by atomic mass is 19.1. The van der Waals surface area contributed by atoms with Gasteiger partial charge in [-0.15, -0.1) is 0 Å². The molecule has 4 N–H and O–H groups in total. The first kappa shape index (κ1) is 12.7. The number of nitrogens with two attached hydrogens (primary N) is 2. The molecule has 0 saturated heterocycles. The van der Waals surface area contributed by atoms with Crippen LogP contribution in [0.1, 0.15) is 10.4 Å². The van der Waals surface area contributed by atoms with Gasteiger partial charge in [0.1, 0.15) is 11.4 Å². The van der Waals surface area contributed by atoms with Crippen molar-refractivity contribution in [3.8, 4) is 11.6 Å². The van der Waals surface area contributed by atoms with E-state index in [1.807, 2.05) is 0 Å². The fourth-order valence-electron chi connectivity index (χ4n) is 1.39. The molecule has 2 rings (SSSR count). The highest BCUT2D eigenvalue weighted by molar-refractivity contribution is 5.95.